The first kappa shape index (κ1) is 15.0. The lowest BCUT2D eigenvalue weighted by molar-refractivity contribution is 0.376. The standard InChI is InChI=1S/C17H26ClN3/c1-21(2)17-13(18)7-4-9-16(17)20-15-8-3-6-12(15)14-10-5-11-19-14/h4,7,9,12,14-15,19-20H,3,5-6,8,10-11H2,1-2H3. The summed E-state index contributed by atoms with van der Waals surface area (Å²) in [6.07, 6.45) is 6.60. The Balaban J connectivity index is 1.78. The minimum Gasteiger partial charge on any atom is -0.380 e. The Hall–Kier alpha value is -0.930. The molecule has 0 radical (unpaired) electrons. The van der Waals surface area contributed by atoms with Crippen molar-refractivity contribution < 1.29 is 0 Å². The largest absolute Gasteiger partial charge is 0.380 e. The van der Waals surface area contributed by atoms with Crippen molar-refractivity contribution in [1.29, 1.82) is 0 Å². The highest BCUT2D eigenvalue weighted by atomic mass is 35.5. The normalized spacial score (nSPS) is 28.8. The van der Waals surface area contributed by atoms with Crippen LogP contribution in [0.1, 0.15) is 32.1 Å². The Morgan fingerprint density at radius 2 is 2.05 bits per heavy atom. The van der Waals surface area contributed by atoms with Crippen molar-refractivity contribution in [1.82, 2.24) is 5.32 Å². The van der Waals surface area contributed by atoms with E-state index in [0.717, 1.165) is 16.6 Å². The van der Waals surface area contributed by atoms with Gasteiger partial charge in [0.1, 0.15) is 0 Å². The summed E-state index contributed by atoms with van der Waals surface area (Å²) in [6.45, 7) is 1.19. The van der Waals surface area contributed by atoms with Crippen LogP contribution in [0.3, 0.4) is 0 Å². The molecule has 1 aliphatic heterocycles. The molecule has 2 aliphatic rings. The number of anilines is 2. The summed E-state index contributed by atoms with van der Waals surface area (Å²) in [7, 11) is 4.11. The summed E-state index contributed by atoms with van der Waals surface area (Å²) in [4.78, 5) is 2.10. The highest BCUT2D eigenvalue weighted by molar-refractivity contribution is 6.34. The van der Waals surface area contributed by atoms with Gasteiger partial charge >= 0.3 is 0 Å². The van der Waals surface area contributed by atoms with E-state index in [4.69, 9.17) is 11.6 Å². The zero-order valence-corrected chi connectivity index (χ0v) is 13.8. The van der Waals surface area contributed by atoms with Gasteiger partial charge in [-0.3, -0.25) is 0 Å². The van der Waals surface area contributed by atoms with Crippen LogP contribution in [-0.2, 0) is 0 Å². The fourth-order valence-electron chi connectivity index (χ4n) is 4.01. The lowest BCUT2D eigenvalue weighted by atomic mass is 9.93. The molecule has 4 heteroatoms. The van der Waals surface area contributed by atoms with Crippen LogP contribution in [-0.4, -0.2) is 32.7 Å². The van der Waals surface area contributed by atoms with Crippen LogP contribution in [0.5, 0.6) is 0 Å². The number of rotatable bonds is 4. The zero-order chi connectivity index (χ0) is 14.8. The van der Waals surface area contributed by atoms with E-state index in [-0.39, 0.29) is 0 Å². The van der Waals surface area contributed by atoms with Crippen LogP contribution in [0.15, 0.2) is 18.2 Å². The van der Waals surface area contributed by atoms with Crippen LogP contribution in [0.4, 0.5) is 11.4 Å². The molecule has 0 amide bonds. The fourth-order valence-corrected chi connectivity index (χ4v) is 4.36. The van der Waals surface area contributed by atoms with Crippen LogP contribution in [0, 0.1) is 5.92 Å². The molecule has 1 aromatic carbocycles. The molecule has 1 aliphatic carbocycles. The van der Waals surface area contributed by atoms with Crippen molar-refractivity contribution in [2.75, 3.05) is 30.9 Å². The van der Waals surface area contributed by atoms with Crippen LogP contribution >= 0.6 is 11.6 Å². The van der Waals surface area contributed by atoms with E-state index in [1.807, 2.05) is 12.1 Å². The first-order chi connectivity index (χ1) is 10.2. The van der Waals surface area contributed by atoms with Gasteiger partial charge in [0.05, 0.1) is 16.4 Å². The first-order valence-corrected chi connectivity index (χ1v) is 8.50. The third-order valence-corrected chi connectivity index (χ3v) is 5.26. The van der Waals surface area contributed by atoms with Crippen LogP contribution < -0.4 is 15.5 Å². The Bertz CT molecular complexity index is 483. The maximum Gasteiger partial charge on any atom is 0.0786 e. The van der Waals surface area contributed by atoms with Gasteiger partial charge in [0.2, 0.25) is 0 Å². The summed E-state index contributed by atoms with van der Waals surface area (Å²) in [6, 6.07) is 7.42. The average molecular weight is 308 g/mol. The van der Waals surface area contributed by atoms with Crippen LogP contribution in [0.25, 0.3) is 0 Å². The second kappa shape index (κ2) is 6.45. The van der Waals surface area contributed by atoms with Gasteiger partial charge < -0.3 is 15.5 Å². The van der Waals surface area contributed by atoms with E-state index >= 15 is 0 Å². The van der Waals surface area contributed by atoms with Crippen molar-refractivity contribution in [2.24, 2.45) is 5.92 Å². The molecule has 2 N–H and O–H groups in total. The maximum absolute atomic E-state index is 6.38. The van der Waals surface area contributed by atoms with Gasteiger partial charge in [0.15, 0.2) is 0 Å². The van der Waals surface area contributed by atoms with E-state index in [9.17, 15) is 0 Å². The van der Waals surface area contributed by atoms with Crippen molar-refractivity contribution in [3.05, 3.63) is 23.2 Å². The average Bonchev–Trinajstić information content (AvgIpc) is 3.08. The molecular formula is C17H26ClN3. The quantitative estimate of drug-likeness (QED) is 0.887. The van der Waals surface area contributed by atoms with E-state index < -0.39 is 0 Å². The lowest BCUT2D eigenvalue weighted by Crippen LogP contribution is -2.38. The Kier molecular flexibility index (Phi) is 4.60. The number of nitrogens with zero attached hydrogens (tertiary/aromatic N) is 1. The van der Waals surface area contributed by atoms with Gasteiger partial charge in [0.25, 0.3) is 0 Å². The topological polar surface area (TPSA) is 27.3 Å². The van der Waals surface area contributed by atoms with Crippen molar-refractivity contribution in [2.45, 2.75) is 44.2 Å². The minimum atomic E-state index is 0.567. The summed E-state index contributed by atoms with van der Waals surface area (Å²) < 4.78 is 0. The maximum atomic E-state index is 6.38. The van der Waals surface area contributed by atoms with Gasteiger partial charge in [-0.2, -0.15) is 0 Å². The smallest absolute Gasteiger partial charge is 0.0786 e. The van der Waals surface area contributed by atoms with E-state index in [0.29, 0.717) is 12.1 Å². The molecule has 1 saturated heterocycles. The number of hydrogen-bond acceptors (Lipinski definition) is 3. The molecule has 0 bridgehead atoms. The summed E-state index contributed by atoms with van der Waals surface area (Å²) in [5, 5.41) is 8.30. The fraction of sp³-hybridized carbons (Fsp3) is 0.647. The number of benzene rings is 1. The lowest BCUT2D eigenvalue weighted by Gasteiger charge is -2.29. The predicted octanol–water partition coefficient (Wildman–Crippen LogP) is 3.74. The Morgan fingerprint density at radius 1 is 1.19 bits per heavy atom. The molecule has 0 aromatic heterocycles. The molecule has 3 rings (SSSR count). The van der Waals surface area contributed by atoms with Crippen LogP contribution in [0.2, 0.25) is 5.02 Å². The molecule has 1 aromatic rings. The van der Waals surface area contributed by atoms with Gasteiger partial charge in [-0.1, -0.05) is 24.1 Å². The molecule has 1 heterocycles. The molecule has 116 valence electrons. The Labute approximate surface area is 133 Å². The van der Waals surface area contributed by atoms with Gasteiger partial charge in [-0.15, -0.1) is 0 Å². The van der Waals surface area contributed by atoms with Crippen molar-refractivity contribution in [3.63, 3.8) is 0 Å². The number of para-hydroxylation sites is 1. The van der Waals surface area contributed by atoms with Gasteiger partial charge in [-0.05, 0) is 50.3 Å². The minimum absolute atomic E-state index is 0.567. The highest BCUT2D eigenvalue weighted by Gasteiger charge is 2.35. The Morgan fingerprint density at radius 3 is 2.76 bits per heavy atom. The third kappa shape index (κ3) is 3.14. The molecule has 0 spiro atoms. The first-order valence-electron chi connectivity index (χ1n) is 8.12. The summed E-state index contributed by atoms with van der Waals surface area (Å²) >= 11 is 6.38. The molecule has 21 heavy (non-hydrogen) atoms. The molecule has 1 saturated carbocycles. The summed E-state index contributed by atoms with van der Waals surface area (Å²) in [5.74, 6) is 0.751. The summed E-state index contributed by atoms with van der Waals surface area (Å²) in [5.41, 5.74) is 2.27. The molecule has 3 nitrogen and oxygen atoms in total. The van der Waals surface area contributed by atoms with Gasteiger partial charge in [0, 0.05) is 26.2 Å². The monoisotopic (exact) mass is 307 g/mol. The predicted molar refractivity (Wildman–Crippen MR) is 91.6 cm³/mol. The second-order valence-electron chi connectivity index (χ2n) is 6.58. The van der Waals surface area contributed by atoms with Gasteiger partial charge in [-0.25, -0.2) is 0 Å². The van der Waals surface area contributed by atoms with E-state index in [1.165, 1.54) is 44.3 Å². The SMILES string of the molecule is CN(C)c1c(Cl)cccc1NC1CCCC1C1CCCN1. The van der Waals surface area contributed by atoms with Crippen molar-refractivity contribution in [3.8, 4) is 0 Å². The number of hydrogen-bond donors (Lipinski definition) is 2. The molecular weight excluding hydrogens is 282 g/mol. The molecule has 3 unspecified atom stereocenters. The number of halogens is 1. The number of nitrogens with one attached hydrogen (secondary N) is 2. The zero-order valence-electron chi connectivity index (χ0n) is 13.0. The molecule has 2 fully saturated rings. The second-order valence-corrected chi connectivity index (χ2v) is 6.99. The highest BCUT2D eigenvalue weighted by Crippen LogP contribution is 2.38. The van der Waals surface area contributed by atoms with Crippen molar-refractivity contribution >= 4 is 23.0 Å². The van der Waals surface area contributed by atoms with E-state index in [1.54, 1.807) is 0 Å². The van der Waals surface area contributed by atoms with E-state index in [2.05, 4.69) is 35.7 Å². The third-order valence-electron chi connectivity index (χ3n) is 4.96. The molecule has 3 atom stereocenters.